The summed E-state index contributed by atoms with van der Waals surface area (Å²) in [6.07, 6.45) is 4.26. The van der Waals surface area contributed by atoms with Crippen molar-refractivity contribution in [3.63, 3.8) is 0 Å². The molecule has 1 aliphatic rings. The summed E-state index contributed by atoms with van der Waals surface area (Å²) in [5, 5.41) is 13.0. The van der Waals surface area contributed by atoms with Crippen LogP contribution in [0.3, 0.4) is 0 Å². The third kappa shape index (κ3) is 5.01. The van der Waals surface area contributed by atoms with Crippen molar-refractivity contribution in [3.05, 3.63) is 71.0 Å². The molecule has 1 atom stereocenters. The van der Waals surface area contributed by atoms with Crippen LogP contribution in [-0.4, -0.2) is 20.7 Å². The number of benzene rings is 2. The fourth-order valence-corrected chi connectivity index (χ4v) is 5.12. The molecule has 1 aliphatic carbocycles. The van der Waals surface area contributed by atoms with E-state index in [1.54, 1.807) is 11.8 Å². The monoisotopic (exact) mass is 434 g/mol. The van der Waals surface area contributed by atoms with Gasteiger partial charge in [0.2, 0.25) is 5.91 Å². The summed E-state index contributed by atoms with van der Waals surface area (Å²) in [5.41, 5.74) is 4.78. The Labute approximate surface area is 188 Å². The Hall–Kier alpha value is -2.60. The van der Waals surface area contributed by atoms with Crippen molar-refractivity contribution < 1.29 is 4.79 Å². The van der Waals surface area contributed by atoms with Crippen molar-refractivity contribution in [3.8, 4) is 5.69 Å². The predicted molar refractivity (Wildman–Crippen MR) is 125 cm³/mol. The van der Waals surface area contributed by atoms with Gasteiger partial charge in [-0.15, -0.1) is 10.2 Å². The highest BCUT2D eigenvalue weighted by atomic mass is 32.2. The van der Waals surface area contributed by atoms with E-state index >= 15 is 0 Å². The molecule has 6 heteroatoms. The highest BCUT2D eigenvalue weighted by molar-refractivity contribution is 7.98. The van der Waals surface area contributed by atoms with Gasteiger partial charge in [-0.2, -0.15) is 0 Å². The van der Waals surface area contributed by atoms with Crippen molar-refractivity contribution in [2.24, 2.45) is 5.92 Å². The number of nitrogens with zero attached hydrogens (tertiary/aromatic N) is 3. The van der Waals surface area contributed by atoms with Crippen molar-refractivity contribution in [2.45, 2.75) is 63.4 Å². The molecule has 1 aromatic heterocycles. The van der Waals surface area contributed by atoms with Gasteiger partial charge in [-0.05, 0) is 56.9 Å². The molecule has 2 aromatic carbocycles. The lowest BCUT2D eigenvalue weighted by Crippen LogP contribution is -2.33. The van der Waals surface area contributed by atoms with E-state index in [0.717, 1.165) is 48.1 Å². The van der Waals surface area contributed by atoms with E-state index in [2.05, 4.69) is 82.5 Å². The number of carbonyl (C=O) groups excluding carboxylic acids is 1. The first-order chi connectivity index (χ1) is 15.0. The van der Waals surface area contributed by atoms with Crippen LogP contribution in [0.1, 0.15) is 61.2 Å². The molecule has 1 heterocycles. The van der Waals surface area contributed by atoms with Gasteiger partial charge in [-0.3, -0.25) is 9.36 Å². The molecule has 162 valence electrons. The third-order valence-corrected chi connectivity index (χ3v) is 7.02. The first kappa shape index (κ1) is 21.6. The predicted octanol–water partition coefficient (Wildman–Crippen LogP) is 5.54. The van der Waals surface area contributed by atoms with Crippen LogP contribution in [0.5, 0.6) is 0 Å². The molecule has 3 aromatic rings. The van der Waals surface area contributed by atoms with Crippen molar-refractivity contribution >= 4 is 17.7 Å². The summed E-state index contributed by atoms with van der Waals surface area (Å²) < 4.78 is 2.09. The zero-order valence-electron chi connectivity index (χ0n) is 18.5. The molecule has 0 radical (unpaired) electrons. The number of nitrogens with one attached hydrogen (secondary N) is 1. The Morgan fingerprint density at radius 3 is 2.52 bits per heavy atom. The standard InChI is InChI=1S/C25H30N4OS/c1-17-12-14-22(15-13-17)29-23(19(3)26-24(30)20-9-6-7-10-20)27-28-25(29)31-16-21-11-5-4-8-18(21)2/h4-5,8,11-15,19-20H,6-7,9-10,16H2,1-3H3,(H,26,30). The van der Waals surface area contributed by atoms with Gasteiger partial charge < -0.3 is 5.32 Å². The fraction of sp³-hybridized carbons (Fsp3) is 0.400. The lowest BCUT2D eigenvalue weighted by atomic mass is 10.1. The van der Waals surface area contributed by atoms with Gasteiger partial charge in [-0.25, -0.2) is 0 Å². The first-order valence-corrected chi connectivity index (χ1v) is 12.0. The average molecular weight is 435 g/mol. The number of aromatic nitrogens is 3. The van der Waals surface area contributed by atoms with E-state index in [-0.39, 0.29) is 17.9 Å². The quantitative estimate of drug-likeness (QED) is 0.496. The van der Waals surface area contributed by atoms with Crippen LogP contribution in [0.25, 0.3) is 5.69 Å². The number of amides is 1. The van der Waals surface area contributed by atoms with Crippen LogP contribution >= 0.6 is 11.8 Å². The number of carbonyl (C=O) groups is 1. The van der Waals surface area contributed by atoms with Crippen molar-refractivity contribution in [1.82, 2.24) is 20.1 Å². The zero-order valence-corrected chi connectivity index (χ0v) is 19.3. The van der Waals surface area contributed by atoms with E-state index < -0.39 is 0 Å². The maximum absolute atomic E-state index is 12.7. The summed E-state index contributed by atoms with van der Waals surface area (Å²) in [5.74, 6) is 1.85. The number of hydrogen-bond donors (Lipinski definition) is 1. The summed E-state index contributed by atoms with van der Waals surface area (Å²) >= 11 is 1.67. The maximum atomic E-state index is 12.7. The second-order valence-corrected chi connectivity index (χ2v) is 9.38. The minimum absolute atomic E-state index is 0.132. The SMILES string of the molecule is Cc1ccc(-n2c(SCc3ccccc3C)nnc2C(C)NC(=O)C2CCCC2)cc1. The van der Waals surface area contributed by atoms with Crippen LogP contribution in [-0.2, 0) is 10.5 Å². The van der Waals surface area contributed by atoms with Crippen LogP contribution in [0, 0.1) is 19.8 Å². The molecular formula is C25H30N4OS. The van der Waals surface area contributed by atoms with E-state index in [1.165, 1.54) is 16.7 Å². The molecule has 5 nitrogen and oxygen atoms in total. The molecule has 0 spiro atoms. The van der Waals surface area contributed by atoms with Gasteiger partial charge in [0.05, 0.1) is 6.04 Å². The summed E-state index contributed by atoms with van der Waals surface area (Å²) in [7, 11) is 0. The van der Waals surface area contributed by atoms with E-state index in [1.807, 2.05) is 6.92 Å². The Morgan fingerprint density at radius 1 is 1.10 bits per heavy atom. The minimum Gasteiger partial charge on any atom is -0.346 e. The molecule has 4 rings (SSSR count). The Balaban J connectivity index is 1.60. The second-order valence-electron chi connectivity index (χ2n) is 8.44. The molecule has 0 saturated heterocycles. The van der Waals surface area contributed by atoms with Crippen LogP contribution in [0.2, 0.25) is 0 Å². The normalized spacial score (nSPS) is 15.2. The molecule has 1 N–H and O–H groups in total. The van der Waals surface area contributed by atoms with Crippen LogP contribution in [0.4, 0.5) is 0 Å². The number of aryl methyl sites for hydroxylation is 2. The lowest BCUT2D eigenvalue weighted by molar-refractivity contribution is -0.125. The number of rotatable bonds is 7. The van der Waals surface area contributed by atoms with Gasteiger partial charge in [0.15, 0.2) is 11.0 Å². The molecule has 31 heavy (non-hydrogen) atoms. The molecular weight excluding hydrogens is 404 g/mol. The fourth-order valence-electron chi connectivity index (χ4n) is 4.09. The average Bonchev–Trinajstić information content (AvgIpc) is 3.44. The van der Waals surface area contributed by atoms with Gasteiger partial charge >= 0.3 is 0 Å². The maximum Gasteiger partial charge on any atom is 0.223 e. The van der Waals surface area contributed by atoms with Crippen molar-refractivity contribution in [1.29, 1.82) is 0 Å². The third-order valence-electron chi connectivity index (χ3n) is 6.04. The highest BCUT2D eigenvalue weighted by Crippen LogP contribution is 2.30. The summed E-state index contributed by atoms with van der Waals surface area (Å²) in [6.45, 7) is 6.21. The largest absolute Gasteiger partial charge is 0.346 e. The van der Waals surface area contributed by atoms with E-state index in [9.17, 15) is 4.79 Å². The Kier molecular flexibility index (Phi) is 6.76. The topological polar surface area (TPSA) is 59.8 Å². The van der Waals surface area contributed by atoms with Crippen LogP contribution in [0.15, 0.2) is 53.7 Å². The Morgan fingerprint density at radius 2 is 1.81 bits per heavy atom. The van der Waals surface area contributed by atoms with Gasteiger partial charge in [0.25, 0.3) is 0 Å². The Bertz CT molecular complexity index is 1040. The first-order valence-electron chi connectivity index (χ1n) is 11.0. The molecule has 0 aliphatic heterocycles. The molecule has 1 unspecified atom stereocenters. The number of thioether (sulfide) groups is 1. The van der Waals surface area contributed by atoms with Crippen molar-refractivity contribution in [2.75, 3.05) is 0 Å². The zero-order chi connectivity index (χ0) is 21.8. The summed E-state index contributed by atoms with van der Waals surface area (Å²) in [6, 6.07) is 16.6. The van der Waals surface area contributed by atoms with Gasteiger partial charge in [-0.1, -0.05) is 66.6 Å². The molecule has 1 fully saturated rings. The van der Waals surface area contributed by atoms with E-state index in [4.69, 9.17) is 0 Å². The van der Waals surface area contributed by atoms with Gasteiger partial charge in [0.1, 0.15) is 0 Å². The molecule has 1 amide bonds. The number of hydrogen-bond acceptors (Lipinski definition) is 4. The minimum atomic E-state index is -0.213. The van der Waals surface area contributed by atoms with Crippen LogP contribution < -0.4 is 5.32 Å². The summed E-state index contributed by atoms with van der Waals surface area (Å²) in [4.78, 5) is 12.7. The lowest BCUT2D eigenvalue weighted by Gasteiger charge is -2.18. The molecule has 0 bridgehead atoms. The highest BCUT2D eigenvalue weighted by Gasteiger charge is 2.26. The second kappa shape index (κ2) is 9.69. The van der Waals surface area contributed by atoms with E-state index in [0.29, 0.717) is 0 Å². The van der Waals surface area contributed by atoms with Gasteiger partial charge in [0, 0.05) is 17.4 Å². The smallest absolute Gasteiger partial charge is 0.223 e. The molecule has 1 saturated carbocycles.